The molecular formula is C21H25F2N3O3. The van der Waals surface area contributed by atoms with Crippen LogP contribution in [-0.2, 0) is 0 Å². The third-order valence-electron chi connectivity index (χ3n) is 4.70. The van der Waals surface area contributed by atoms with E-state index in [2.05, 4.69) is 15.2 Å². The summed E-state index contributed by atoms with van der Waals surface area (Å²) in [5.41, 5.74) is 1.21. The van der Waals surface area contributed by atoms with Crippen molar-refractivity contribution in [3.8, 4) is 11.6 Å². The van der Waals surface area contributed by atoms with Crippen molar-refractivity contribution < 1.29 is 23.0 Å². The molecule has 0 spiro atoms. The number of aromatic nitrogens is 1. The summed E-state index contributed by atoms with van der Waals surface area (Å²) in [6.45, 7) is 5.02. The molecule has 1 aliphatic rings. The molecule has 0 atom stereocenters. The lowest BCUT2D eigenvalue weighted by molar-refractivity contribution is 0.0943. The molecule has 6 nitrogen and oxygen atoms in total. The van der Waals surface area contributed by atoms with Gasteiger partial charge in [0, 0.05) is 50.3 Å². The Labute approximate surface area is 168 Å². The second-order valence-electron chi connectivity index (χ2n) is 7.25. The van der Waals surface area contributed by atoms with Crippen LogP contribution in [0.4, 0.5) is 14.5 Å². The van der Waals surface area contributed by atoms with Crippen LogP contribution in [0.3, 0.4) is 0 Å². The largest absolute Gasteiger partial charge is 0.487 e. The highest BCUT2D eigenvalue weighted by molar-refractivity contribution is 5.99. The van der Waals surface area contributed by atoms with Gasteiger partial charge in [0.1, 0.15) is 11.9 Å². The maximum absolute atomic E-state index is 13.8. The Morgan fingerprint density at radius 1 is 1.24 bits per heavy atom. The second kappa shape index (κ2) is 9.07. The maximum Gasteiger partial charge on any atom is 0.255 e. The van der Waals surface area contributed by atoms with Crippen LogP contribution in [0, 0.1) is 11.6 Å². The van der Waals surface area contributed by atoms with Gasteiger partial charge in [-0.25, -0.2) is 13.8 Å². The molecule has 1 saturated heterocycles. The number of methoxy groups -OCH3 is 1. The molecule has 2 aromatic rings. The number of carbonyl (C=O) groups excluding carboxylic acids is 1. The first kappa shape index (κ1) is 20.8. The highest BCUT2D eigenvalue weighted by Gasteiger charge is 2.25. The van der Waals surface area contributed by atoms with Crippen molar-refractivity contribution in [2.45, 2.75) is 38.8 Å². The molecule has 1 aromatic carbocycles. The molecule has 3 rings (SSSR count). The van der Waals surface area contributed by atoms with Gasteiger partial charge >= 0.3 is 0 Å². The first-order chi connectivity index (χ1) is 13.9. The van der Waals surface area contributed by atoms with Crippen LogP contribution < -0.4 is 19.7 Å². The Balaban J connectivity index is 1.71. The number of pyridine rings is 1. The van der Waals surface area contributed by atoms with E-state index in [0.29, 0.717) is 37.4 Å². The van der Waals surface area contributed by atoms with Crippen LogP contribution in [0.15, 0.2) is 30.5 Å². The number of halogens is 2. The third kappa shape index (κ3) is 5.13. The molecule has 29 heavy (non-hydrogen) atoms. The molecular weight excluding hydrogens is 380 g/mol. The van der Waals surface area contributed by atoms with Gasteiger partial charge in [-0.15, -0.1) is 0 Å². The van der Waals surface area contributed by atoms with Crippen molar-refractivity contribution in [3.63, 3.8) is 0 Å². The van der Waals surface area contributed by atoms with Crippen molar-refractivity contribution in [1.29, 1.82) is 0 Å². The fourth-order valence-corrected chi connectivity index (χ4v) is 3.28. The van der Waals surface area contributed by atoms with Crippen LogP contribution in [-0.4, -0.2) is 43.2 Å². The highest BCUT2D eigenvalue weighted by Crippen LogP contribution is 2.29. The minimum absolute atomic E-state index is 0.00203. The van der Waals surface area contributed by atoms with Crippen LogP contribution in [0.1, 0.15) is 37.0 Å². The van der Waals surface area contributed by atoms with Crippen molar-refractivity contribution in [1.82, 2.24) is 10.3 Å². The molecule has 8 heteroatoms. The Kier molecular flexibility index (Phi) is 6.51. The number of amides is 1. The van der Waals surface area contributed by atoms with Gasteiger partial charge in [0.2, 0.25) is 5.88 Å². The first-order valence-corrected chi connectivity index (χ1v) is 9.59. The minimum Gasteiger partial charge on any atom is -0.487 e. The van der Waals surface area contributed by atoms with Gasteiger partial charge in [-0.05, 0) is 26.0 Å². The predicted molar refractivity (Wildman–Crippen MR) is 106 cm³/mol. The second-order valence-corrected chi connectivity index (χ2v) is 7.25. The molecule has 1 aliphatic heterocycles. The monoisotopic (exact) mass is 405 g/mol. The highest BCUT2D eigenvalue weighted by atomic mass is 19.1. The quantitative estimate of drug-likeness (QED) is 0.796. The van der Waals surface area contributed by atoms with Gasteiger partial charge in [-0.3, -0.25) is 4.79 Å². The number of rotatable bonds is 6. The molecule has 1 aromatic heterocycles. The van der Waals surface area contributed by atoms with Gasteiger partial charge in [0.15, 0.2) is 11.6 Å². The lowest BCUT2D eigenvalue weighted by Gasteiger charge is -2.34. The first-order valence-electron chi connectivity index (χ1n) is 9.59. The summed E-state index contributed by atoms with van der Waals surface area (Å²) >= 11 is 0. The molecule has 0 bridgehead atoms. The van der Waals surface area contributed by atoms with Crippen molar-refractivity contribution in [3.05, 3.63) is 47.7 Å². The van der Waals surface area contributed by atoms with Crippen LogP contribution >= 0.6 is 0 Å². The predicted octanol–water partition coefficient (Wildman–Crippen LogP) is 3.55. The van der Waals surface area contributed by atoms with E-state index in [1.165, 1.54) is 25.4 Å². The molecule has 0 aliphatic carbocycles. The summed E-state index contributed by atoms with van der Waals surface area (Å²) in [5.74, 6) is -1.07. The third-order valence-corrected chi connectivity index (χ3v) is 4.70. The molecule has 2 heterocycles. The zero-order valence-corrected chi connectivity index (χ0v) is 16.7. The van der Waals surface area contributed by atoms with Crippen LogP contribution in [0.25, 0.3) is 0 Å². The number of hydrogen-bond donors (Lipinski definition) is 1. The number of carbonyl (C=O) groups is 1. The van der Waals surface area contributed by atoms with E-state index in [1.807, 2.05) is 13.8 Å². The molecule has 0 radical (unpaired) electrons. The van der Waals surface area contributed by atoms with Crippen LogP contribution in [0.2, 0.25) is 0 Å². The van der Waals surface area contributed by atoms with Crippen molar-refractivity contribution in [2.24, 2.45) is 0 Å². The molecule has 1 fully saturated rings. The van der Waals surface area contributed by atoms with E-state index in [4.69, 9.17) is 9.47 Å². The summed E-state index contributed by atoms with van der Waals surface area (Å²) in [6, 6.07) is 5.04. The summed E-state index contributed by atoms with van der Waals surface area (Å²) in [6.07, 6.45) is 2.59. The Morgan fingerprint density at radius 2 is 1.97 bits per heavy atom. The van der Waals surface area contributed by atoms with Crippen molar-refractivity contribution in [2.75, 3.05) is 25.1 Å². The topological polar surface area (TPSA) is 63.7 Å². The lowest BCUT2D eigenvalue weighted by Crippen LogP contribution is -2.40. The summed E-state index contributed by atoms with van der Waals surface area (Å²) in [7, 11) is 1.53. The Hall–Kier alpha value is -2.90. The van der Waals surface area contributed by atoms with Crippen molar-refractivity contribution >= 4 is 11.6 Å². The average Bonchev–Trinajstić information content (AvgIpc) is 2.69. The van der Waals surface area contributed by atoms with Gasteiger partial charge in [0.05, 0.1) is 18.4 Å². The average molecular weight is 405 g/mol. The number of anilines is 1. The van der Waals surface area contributed by atoms with Gasteiger partial charge in [0.25, 0.3) is 5.91 Å². The van der Waals surface area contributed by atoms with E-state index in [-0.39, 0.29) is 23.8 Å². The Morgan fingerprint density at radius 3 is 2.59 bits per heavy atom. The smallest absolute Gasteiger partial charge is 0.255 e. The Bertz CT molecular complexity index is 868. The zero-order valence-electron chi connectivity index (χ0n) is 16.7. The van der Waals surface area contributed by atoms with E-state index >= 15 is 0 Å². The number of piperidine rings is 1. The molecule has 1 N–H and O–H groups in total. The number of hydrogen-bond acceptors (Lipinski definition) is 5. The summed E-state index contributed by atoms with van der Waals surface area (Å²) in [5, 5.41) is 2.88. The van der Waals surface area contributed by atoms with E-state index < -0.39 is 11.6 Å². The van der Waals surface area contributed by atoms with Gasteiger partial charge < -0.3 is 19.7 Å². The normalized spacial score (nSPS) is 14.8. The molecule has 0 saturated carbocycles. The van der Waals surface area contributed by atoms with Gasteiger partial charge in [-0.2, -0.15) is 0 Å². The fraction of sp³-hybridized carbons (Fsp3) is 0.429. The fourth-order valence-electron chi connectivity index (χ4n) is 3.28. The lowest BCUT2D eigenvalue weighted by atomic mass is 10.1. The number of nitrogens with zero attached hydrogens (tertiary/aromatic N) is 2. The molecule has 0 unspecified atom stereocenters. The van der Waals surface area contributed by atoms with Crippen LogP contribution in [0.5, 0.6) is 11.6 Å². The summed E-state index contributed by atoms with van der Waals surface area (Å²) in [4.78, 5) is 18.8. The number of ether oxygens (including phenoxy) is 2. The van der Waals surface area contributed by atoms with E-state index in [1.54, 1.807) is 6.07 Å². The van der Waals surface area contributed by atoms with E-state index in [9.17, 15) is 13.6 Å². The zero-order chi connectivity index (χ0) is 21.0. The standard InChI is InChI=1S/C21H25F2N3O3/c1-13(2)25-21(27)16-12-24-20(28-3)11-18(16)26-8-6-15(7-9-26)29-19-5-4-14(22)10-17(19)23/h4-5,10-13,15H,6-9H2,1-3H3,(H,25,27). The number of benzene rings is 1. The molecule has 156 valence electrons. The maximum atomic E-state index is 13.8. The van der Waals surface area contributed by atoms with Gasteiger partial charge in [-0.1, -0.05) is 0 Å². The molecule has 1 amide bonds. The number of nitrogens with one attached hydrogen (secondary N) is 1. The summed E-state index contributed by atoms with van der Waals surface area (Å²) < 4.78 is 37.8. The van der Waals surface area contributed by atoms with E-state index in [0.717, 1.165) is 11.8 Å². The minimum atomic E-state index is -0.709. The SMILES string of the molecule is COc1cc(N2CCC(Oc3ccc(F)cc3F)CC2)c(C(=O)NC(C)C)cn1.